The van der Waals surface area contributed by atoms with E-state index in [0.29, 0.717) is 0 Å². The van der Waals surface area contributed by atoms with Crippen molar-refractivity contribution in [3.63, 3.8) is 0 Å². The van der Waals surface area contributed by atoms with Crippen LogP contribution >= 0.6 is 11.6 Å². The Morgan fingerprint density at radius 2 is 1.93 bits per heavy atom. The minimum absolute atomic E-state index is 0.231. The number of rotatable bonds is 3. The molecule has 6 heteroatoms. The van der Waals surface area contributed by atoms with Crippen molar-refractivity contribution in [2.24, 2.45) is 0 Å². The van der Waals surface area contributed by atoms with E-state index in [1.54, 1.807) is 0 Å². The zero-order chi connectivity index (χ0) is 11.6. The normalized spacial score (nSPS) is 13.6. The fourth-order valence-electron chi connectivity index (χ4n) is 0.984. The Labute approximate surface area is 88.3 Å². The SMILES string of the molecule is O=C(O)C(F)(F)C(F)c1ccccc1Cl. The van der Waals surface area contributed by atoms with Crippen LogP contribution < -0.4 is 0 Å². The first kappa shape index (κ1) is 11.8. The number of aliphatic carboxylic acids is 1. The molecule has 1 N–H and O–H groups in total. The molecule has 82 valence electrons. The van der Waals surface area contributed by atoms with E-state index in [9.17, 15) is 18.0 Å². The second-order valence-electron chi connectivity index (χ2n) is 2.81. The quantitative estimate of drug-likeness (QED) is 0.879. The van der Waals surface area contributed by atoms with Crippen LogP contribution in [0.25, 0.3) is 0 Å². The molecular weight excluding hydrogens is 233 g/mol. The highest BCUT2D eigenvalue weighted by molar-refractivity contribution is 6.31. The van der Waals surface area contributed by atoms with Crippen LogP contribution in [0.5, 0.6) is 0 Å². The lowest BCUT2D eigenvalue weighted by atomic mass is 10.1. The zero-order valence-corrected chi connectivity index (χ0v) is 8.01. The maximum Gasteiger partial charge on any atom is 0.378 e. The van der Waals surface area contributed by atoms with Gasteiger partial charge in [-0.15, -0.1) is 0 Å². The van der Waals surface area contributed by atoms with Crippen LogP contribution in [0.3, 0.4) is 0 Å². The summed E-state index contributed by atoms with van der Waals surface area (Å²) in [6, 6.07) is 4.95. The third-order valence-corrected chi connectivity index (χ3v) is 2.13. The molecule has 0 spiro atoms. The van der Waals surface area contributed by atoms with Crippen molar-refractivity contribution in [2.75, 3.05) is 0 Å². The van der Waals surface area contributed by atoms with Gasteiger partial charge in [0.1, 0.15) is 0 Å². The molecule has 0 bridgehead atoms. The number of carboxylic acid groups (broad SMARTS) is 1. The summed E-state index contributed by atoms with van der Waals surface area (Å²) < 4.78 is 38.8. The molecule has 1 aromatic carbocycles. The van der Waals surface area contributed by atoms with Crippen LogP contribution in [-0.4, -0.2) is 17.0 Å². The lowest BCUT2D eigenvalue weighted by Gasteiger charge is -2.17. The molecule has 1 atom stereocenters. The number of carbonyl (C=O) groups is 1. The average Bonchev–Trinajstić information content (AvgIpc) is 2.17. The minimum Gasteiger partial charge on any atom is -0.477 e. The molecular formula is C9H6ClF3O2. The molecule has 0 fully saturated rings. The van der Waals surface area contributed by atoms with Crippen LogP contribution in [0.15, 0.2) is 24.3 Å². The van der Waals surface area contributed by atoms with Gasteiger partial charge < -0.3 is 5.11 Å². The Morgan fingerprint density at radius 3 is 2.40 bits per heavy atom. The van der Waals surface area contributed by atoms with Gasteiger partial charge in [0, 0.05) is 10.6 Å². The summed E-state index contributed by atoms with van der Waals surface area (Å²) in [5, 5.41) is 7.90. The largest absolute Gasteiger partial charge is 0.477 e. The van der Waals surface area contributed by atoms with E-state index in [-0.39, 0.29) is 5.02 Å². The third kappa shape index (κ3) is 2.23. The van der Waals surface area contributed by atoms with E-state index in [1.807, 2.05) is 0 Å². The number of benzene rings is 1. The number of hydrogen-bond donors (Lipinski definition) is 1. The highest BCUT2D eigenvalue weighted by Gasteiger charge is 2.49. The Bertz CT molecular complexity index is 381. The molecule has 0 heterocycles. The number of hydrogen-bond acceptors (Lipinski definition) is 1. The van der Waals surface area contributed by atoms with Crippen molar-refractivity contribution in [1.29, 1.82) is 0 Å². The second kappa shape index (κ2) is 4.10. The fraction of sp³-hybridized carbons (Fsp3) is 0.222. The van der Waals surface area contributed by atoms with Gasteiger partial charge in [-0.05, 0) is 6.07 Å². The molecule has 0 radical (unpaired) electrons. The molecule has 0 saturated heterocycles. The maximum absolute atomic E-state index is 13.2. The smallest absolute Gasteiger partial charge is 0.378 e. The molecule has 1 aromatic rings. The summed E-state index contributed by atoms with van der Waals surface area (Å²) >= 11 is 5.46. The Balaban J connectivity index is 3.10. The molecule has 0 aliphatic rings. The Hall–Kier alpha value is -1.23. The van der Waals surface area contributed by atoms with Gasteiger partial charge in [0.25, 0.3) is 0 Å². The Morgan fingerprint density at radius 1 is 1.40 bits per heavy atom. The van der Waals surface area contributed by atoms with Crippen molar-refractivity contribution in [1.82, 2.24) is 0 Å². The van der Waals surface area contributed by atoms with Crippen LogP contribution in [0.4, 0.5) is 13.2 Å². The third-order valence-electron chi connectivity index (χ3n) is 1.78. The van der Waals surface area contributed by atoms with Crippen molar-refractivity contribution in [3.05, 3.63) is 34.9 Å². The predicted molar refractivity (Wildman–Crippen MR) is 47.9 cm³/mol. The van der Waals surface area contributed by atoms with Crippen molar-refractivity contribution in [3.8, 4) is 0 Å². The van der Waals surface area contributed by atoms with Gasteiger partial charge in [0.05, 0.1) is 0 Å². The minimum atomic E-state index is -4.48. The van der Waals surface area contributed by atoms with Crippen LogP contribution in [0.2, 0.25) is 5.02 Å². The lowest BCUT2D eigenvalue weighted by Crippen LogP contribution is -2.33. The van der Waals surface area contributed by atoms with Gasteiger partial charge in [-0.25, -0.2) is 9.18 Å². The summed E-state index contributed by atoms with van der Waals surface area (Å²) in [7, 11) is 0. The number of carboxylic acids is 1. The van der Waals surface area contributed by atoms with Gasteiger partial charge in [-0.1, -0.05) is 29.8 Å². The number of halogens is 4. The van der Waals surface area contributed by atoms with Gasteiger partial charge >= 0.3 is 11.9 Å². The molecule has 1 rings (SSSR count). The maximum atomic E-state index is 13.2. The molecule has 1 unspecified atom stereocenters. The highest BCUT2D eigenvalue weighted by atomic mass is 35.5. The standard InChI is InChI=1S/C9H6ClF3O2/c10-6-4-2-1-3-5(6)7(11)9(12,13)8(14)15/h1-4,7H,(H,14,15). The molecule has 15 heavy (non-hydrogen) atoms. The van der Waals surface area contributed by atoms with E-state index in [0.717, 1.165) is 6.07 Å². The Kier molecular flexibility index (Phi) is 3.24. The summed E-state index contributed by atoms with van der Waals surface area (Å²) in [4.78, 5) is 10.1. The molecule has 0 saturated carbocycles. The van der Waals surface area contributed by atoms with Crippen LogP contribution in [-0.2, 0) is 4.79 Å². The fourth-order valence-corrected chi connectivity index (χ4v) is 1.22. The zero-order valence-electron chi connectivity index (χ0n) is 7.25. The monoisotopic (exact) mass is 238 g/mol. The first-order chi connectivity index (χ1) is 6.87. The summed E-state index contributed by atoms with van der Waals surface area (Å²) in [6.45, 7) is 0. The predicted octanol–water partition coefficient (Wildman–Crippen LogP) is 3.07. The van der Waals surface area contributed by atoms with Crippen LogP contribution in [0.1, 0.15) is 11.7 Å². The summed E-state index contributed by atoms with van der Waals surface area (Å²) in [5.41, 5.74) is -0.536. The van der Waals surface area contributed by atoms with Crippen molar-refractivity contribution in [2.45, 2.75) is 12.1 Å². The van der Waals surface area contributed by atoms with E-state index in [2.05, 4.69) is 0 Å². The molecule has 0 amide bonds. The van der Waals surface area contributed by atoms with Gasteiger partial charge in [0.15, 0.2) is 0 Å². The van der Waals surface area contributed by atoms with Crippen LogP contribution in [0, 0.1) is 0 Å². The molecule has 0 aromatic heterocycles. The van der Waals surface area contributed by atoms with E-state index in [1.165, 1.54) is 18.2 Å². The van der Waals surface area contributed by atoms with Crippen molar-refractivity contribution >= 4 is 17.6 Å². The average molecular weight is 239 g/mol. The van der Waals surface area contributed by atoms with Gasteiger partial charge in [0.2, 0.25) is 6.17 Å². The molecule has 0 aliphatic carbocycles. The van der Waals surface area contributed by atoms with Gasteiger partial charge in [-0.2, -0.15) is 8.78 Å². The van der Waals surface area contributed by atoms with Gasteiger partial charge in [-0.3, -0.25) is 0 Å². The first-order valence-corrected chi connectivity index (χ1v) is 4.25. The topological polar surface area (TPSA) is 37.3 Å². The van der Waals surface area contributed by atoms with E-state index < -0.39 is 23.6 Å². The van der Waals surface area contributed by atoms with E-state index in [4.69, 9.17) is 16.7 Å². The number of alkyl halides is 3. The lowest BCUT2D eigenvalue weighted by molar-refractivity contribution is -0.175. The molecule has 0 aliphatic heterocycles. The highest BCUT2D eigenvalue weighted by Crippen LogP contribution is 2.37. The second-order valence-corrected chi connectivity index (χ2v) is 3.22. The van der Waals surface area contributed by atoms with E-state index >= 15 is 0 Å². The first-order valence-electron chi connectivity index (χ1n) is 3.87. The van der Waals surface area contributed by atoms with Crippen molar-refractivity contribution < 1.29 is 23.1 Å². The molecule has 2 nitrogen and oxygen atoms in total. The summed E-state index contributed by atoms with van der Waals surface area (Å²) in [6.07, 6.45) is -2.95. The summed E-state index contributed by atoms with van der Waals surface area (Å²) in [5.74, 6) is -7.00.